The van der Waals surface area contributed by atoms with Gasteiger partial charge in [-0.3, -0.25) is 9.59 Å². The molecular weight excluding hydrogens is 398 g/mol. The van der Waals surface area contributed by atoms with Crippen LogP contribution in [0.5, 0.6) is 0 Å². The molecule has 0 aliphatic carbocycles. The molecular formula is C24H18ClN3O2. The number of H-pyrrole nitrogens is 1. The van der Waals surface area contributed by atoms with Crippen LogP contribution < -0.4 is 10.2 Å². The average Bonchev–Trinajstić information content (AvgIpc) is 3.38. The molecule has 0 saturated heterocycles. The number of nitrogens with zero attached hydrogens (tertiary/aromatic N) is 1. The van der Waals surface area contributed by atoms with Gasteiger partial charge in [0.15, 0.2) is 0 Å². The van der Waals surface area contributed by atoms with Crippen molar-refractivity contribution in [1.29, 1.82) is 0 Å². The van der Waals surface area contributed by atoms with Gasteiger partial charge in [0, 0.05) is 39.4 Å². The minimum Gasteiger partial charge on any atom is -0.351 e. The SMILES string of the molecule is O=C(Nc1ccc(C(=O)N2CCc3ccccc32)cc1)c1cc2cc(Cl)ccc2[nH]1. The normalized spacial score (nSPS) is 12.8. The van der Waals surface area contributed by atoms with E-state index in [0.717, 1.165) is 23.0 Å². The van der Waals surface area contributed by atoms with Crippen LogP contribution in [0.1, 0.15) is 26.4 Å². The van der Waals surface area contributed by atoms with Gasteiger partial charge < -0.3 is 15.2 Å². The summed E-state index contributed by atoms with van der Waals surface area (Å²) >= 11 is 6.01. The molecule has 5 rings (SSSR count). The van der Waals surface area contributed by atoms with E-state index in [2.05, 4.69) is 16.4 Å². The number of para-hydroxylation sites is 1. The first-order valence-electron chi connectivity index (χ1n) is 9.68. The molecule has 2 N–H and O–H groups in total. The predicted molar refractivity (Wildman–Crippen MR) is 120 cm³/mol. The molecule has 5 nitrogen and oxygen atoms in total. The van der Waals surface area contributed by atoms with Crippen LogP contribution in [0.3, 0.4) is 0 Å². The van der Waals surface area contributed by atoms with Crippen molar-refractivity contribution in [2.45, 2.75) is 6.42 Å². The van der Waals surface area contributed by atoms with Crippen molar-refractivity contribution in [3.8, 4) is 0 Å². The lowest BCUT2D eigenvalue weighted by Gasteiger charge is -2.17. The smallest absolute Gasteiger partial charge is 0.272 e. The molecule has 0 radical (unpaired) electrons. The van der Waals surface area contributed by atoms with E-state index in [0.29, 0.717) is 28.5 Å². The van der Waals surface area contributed by atoms with E-state index in [1.807, 2.05) is 24.3 Å². The zero-order chi connectivity index (χ0) is 20.7. The Hall–Kier alpha value is -3.57. The standard InChI is InChI=1S/C24H18ClN3O2/c25-18-7-10-20-17(13-18)14-21(27-20)23(29)26-19-8-5-16(6-9-19)24(30)28-12-11-15-3-1-2-4-22(15)28/h1-10,13-14,27H,11-12H2,(H,26,29). The molecule has 30 heavy (non-hydrogen) atoms. The minimum atomic E-state index is -0.255. The Kier molecular flexibility index (Phi) is 4.52. The number of hydrogen-bond acceptors (Lipinski definition) is 2. The highest BCUT2D eigenvalue weighted by atomic mass is 35.5. The third kappa shape index (κ3) is 3.33. The highest BCUT2D eigenvalue weighted by Crippen LogP contribution is 2.29. The summed E-state index contributed by atoms with van der Waals surface area (Å²) in [6.07, 6.45) is 0.867. The summed E-state index contributed by atoms with van der Waals surface area (Å²) < 4.78 is 0. The van der Waals surface area contributed by atoms with Gasteiger partial charge in [0.1, 0.15) is 5.69 Å². The van der Waals surface area contributed by atoms with Gasteiger partial charge in [-0.15, -0.1) is 0 Å². The maximum Gasteiger partial charge on any atom is 0.272 e. The number of carbonyl (C=O) groups is 2. The lowest BCUT2D eigenvalue weighted by molar-refractivity contribution is 0.0988. The number of aromatic nitrogens is 1. The fourth-order valence-corrected chi connectivity index (χ4v) is 4.01. The zero-order valence-corrected chi connectivity index (χ0v) is 16.7. The van der Waals surface area contributed by atoms with Crippen LogP contribution >= 0.6 is 11.6 Å². The number of hydrogen-bond donors (Lipinski definition) is 2. The van der Waals surface area contributed by atoms with E-state index in [-0.39, 0.29) is 11.8 Å². The van der Waals surface area contributed by atoms with Gasteiger partial charge in [-0.2, -0.15) is 0 Å². The van der Waals surface area contributed by atoms with E-state index in [4.69, 9.17) is 11.6 Å². The minimum absolute atomic E-state index is 0.0367. The maximum absolute atomic E-state index is 12.9. The predicted octanol–water partition coefficient (Wildman–Crippen LogP) is 5.28. The van der Waals surface area contributed by atoms with Crippen molar-refractivity contribution >= 4 is 45.7 Å². The largest absolute Gasteiger partial charge is 0.351 e. The number of aromatic amines is 1. The molecule has 2 heterocycles. The third-order valence-electron chi connectivity index (χ3n) is 5.35. The third-order valence-corrected chi connectivity index (χ3v) is 5.58. The lowest BCUT2D eigenvalue weighted by atomic mass is 10.1. The van der Waals surface area contributed by atoms with Gasteiger partial charge in [0.2, 0.25) is 0 Å². The Balaban J connectivity index is 1.31. The first kappa shape index (κ1) is 18.5. The van der Waals surface area contributed by atoms with Crippen molar-refractivity contribution in [3.05, 3.63) is 94.6 Å². The van der Waals surface area contributed by atoms with Crippen molar-refractivity contribution in [2.24, 2.45) is 0 Å². The second kappa shape index (κ2) is 7.35. The van der Waals surface area contributed by atoms with Crippen LogP contribution in [0.2, 0.25) is 5.02 Å². The molecule has 3 aromatic carbocycles. The Morgan fingerprint density at radius 2 is 1.77 bits per heavy atom. The van der Waals surface area contributed by atoms with Crippen molar-refractivity contribution in [1.82, 2.24) is 4.98 Å². The maximum atomic E-state index is 12.9. The van der Waals surface area contributed by atoms with E-state index in [9.17, 15) is 9.59 Å². The number of benzene rings is 3. The lowest BCUT2D eigenvalue weighted by Crippen LogP contribution is -2.28. The van der Waals surface area contributed by atoms with Crippen LogP contribution in [-0.4, -0.2) is 23.3 Å². The monoisotopic (exact) mass is 415 g/mol. The summed E-state index contributed by atoms with van der Waals surface area (Å²) in [5, 5.41) is 4.35. The molecule has 1 aromatic heterocycles. The Bertz CT molecular complexity index is 1280. The first-order chi connectivity index (χ1) is 14.6. The molecule has 1 aliphatic rings. The molecule has 0 spiro atoms. The van der Waals surface area contributed by atoms with Gasteiger partial charge >= 0.3 is 0 Å². The summed E-state index contributed by atoms with van der Waals surface area (Å²) in [4.78, 5) is 30.4. The number of nitrogens with one attached hydrogen (secondary N) is 2. The van der Waals surface area contributed by atoms with Crippen LogP contribution in [0.15, 0.2) is 72.8 Å². The molecule has 1 aliphatic heterocycles. The second-order valence-electron chi connectivity index (χ2n) is 7.28. The molecule has 4 aromatic rings. The Morgan fingerprint density at radius 1 is 0.967 bits per heavy atom. The number of carbonyl (C=O) groups excluding carboxylic acids is 2. The van der Waals surface area contributed by atoms with Crippen LogP contribution in [0.4, 0.5) is 11.4 Å². The molecule has 2 amide bonds. The summed E-state index contributed by atoms with van der Waals surface area (Å²) in [5.74, 6) is -0.291. The molecule has 0 unspecified atom stereocenters. The quantitative estimate of drug-likeness (QED) is 0.478. The van der Waals surface area contributed by atoms with E-state index in [1.165, 1.54) is 5.56 Å². The van der Waals surface area contributed by atoms with Gasteiger partial charge in [0.05, 0.1) is 0 Å². The summed E-state index contributed by atoms with van der Waals surface area (Å²) in [7, 11) is 0. The van der Waals surface area contributed by atoms with Gasteiger partial charge in [-0.05, 0) is 66.6 Å². The number of fused-ring (bicyclic) bond motifs is 2. The van der Waals surface area contributed by atoms with Crippen molar-refractivity contribution < 1.29 is 9.59 Å². The van der Waals surface area contributed by atoms with Crippen LogP contribution in [0.25, 0.3) is 10.9 Å². The highest BCUT2D eigenvalue weighted by molar-refractivity contribution is 6.31. The molecule has 0 fully saturated rings. The van der Waals surface area contributed by atoms with E-state index in [1.54, 1.807) is 47.4 Å². The number of rotatable bonds is 3. The molecule has 6 heteroatoms. The molecule has 0 saturated carbocycles. The zero-order valence-electron chi connectivity index (χ0n) is 16.0. The second-order valence-corrected chi connectivity index (χ2v) is 7.72. The first-order valence-corrected chi connectivity index (χ1v) is 10.1. The molecule has 0 atom stereocenters. The summed E-state index contributed by atoms with van der Waals surface area (Å²) in [5.41, 5.74) is 4.66. The summed E-state index contributed by atoms with van der Waals surface area (Å²) in [6, 6.07) is 22.1. The Labute approximate surface area is 178 Å². The average molecular weight is 416 g/mol. The van der Waals surface area contributed by atoms with Gasteiger partial charge in [0.25, 0.3) is 11.8 Å². The van der Waals surface area contributed by atoms with Crippen LogP contribution in [-0.2, 0) is 6.42 Å². The number of halogens is 1. The topological polar surface area (TPSA) is 65.2 Å². The fraction of sp³-hybridized carbons (Fsp3) is 0.0833. The van der Waals surface area contributed by atoms with Crippen LogP contribution in [0, 0.1) is 0 Å². The number of amides is 2. The summed E-state index contributed by atoms with van der Waals surface area (Å²) in [6.45, 7) is 0.682. The molecule has 0 bridgehead atoms. The highest BCUT2D eigenvalue weighted by Gasteiger charge is 2.25. The number of anilines is 2. The van der Waals surface area contributed by atoms with Gasteiger partial charge in [-0.25, -0.2) is 0 Å². The fourth-order valence-electron chi connectivity index (χ4n) is 3.83. The van der Waals surface area contributed by atoms with Crippen molar-refractivity contribution in [3.63, 3.8) is 0 Å². The van der Waals surface area contributed by atoms with Crippen molar-refractivity contribution in [2.75, 3.05) is 16.8 Å². The van der Waals surface area contributed by atoms with E-state index < -0.39 is 0 Å². The molecule has 148 valence electrons. The van der Waals surface area contributed by atoms with Gasteiger partial charge in [-0.1, -0.05) is 29.8 Å². The van der Waals surface area contributed by atoms with E-state index >= 15 is 0 Å². The Morgan fingerprint density at radius 3 is 2.60 bits per heavy atom.